The molecular weight excluding hydrogens is 455 g/mol. The van der Waals surface area contributed by atoms with Gasteiger partial charge in [-0.25, -0.2) is 5.43 Å². The van der Waals surface area contributed by atoms with E-state index in [1.807, 2.05) is 0 Å². The number of hydrogen-bond donors (Lipinski definition) is 6. The molecule has 3 atom stereocenters. The Bertz CT molecular complexity index is 1040. The summed E-state index contributed by atoms with van der Waals surface area (Å²) in [4.78, 5) is 12.9. The quantitative estimate of drug-likeness (QED) is 0.317. The van der Waals surface area contributed by atoms with Crippen LogP contribution in [0.4, 0.5) is 13.2 Å². The molecule has 0 bridgehead atoms. The number of carbonyl (C=O) groups is 1. The van der Waals surface area contributed by atoms with E-state index in [2.05, 4.69) is 21.4 Å². The van der Waals surface area contributed by atoms with Crippen molar-refractivity contribution in [2.24, 2.45) is 0 Å². The number of dihydropyridines is 1. The number of benzene rings is 1. The van der Waals surface area contributed by atoms with Crippen molar-refractivity contribution >= 4 is 5.91 Å². The smallest absolute Gasteiger partial charge is 0.394 e. The second-order valence-corrected chi connectivity index (χ2v) is 7.70. The van der Waals surface area contributed by atoms with Gasteiger partial charge in [0.1, 0.15) is 30.0 Å². The van der Waals surface area contributed by atoms with E-state index in [9.17, 15) is 28.2 Å². The third kappa shape index (κ3) is 5.09. The van der Waals surface area contributed by atoms with Gasteiger partial charge in [-0.15, -0.1) is 0 Å². The number of nitrogens with one attached hydrogen (secondary N) is 4. The average molecular weight is 479 g/mol. The van der Waals surface area contributed by atoms with Gasteiger partial charge in [0.2, 0.25) is 0 Å². The Balaban J connectivity index is 1.43. The molecule has 3 aliphatic rings. The summed E-state index contributed by atoms with van der Waals surface area (Å²) in [6, 6.07) is 4.48. The first kappa shape index (κ1) is 23.8. The number of hydrazine groups is 1. The number of halogens is 3. The summed E-state index contributed by atoms with van der Waals surface area (Å²) in [6.07, 6.45) is 3.19. The minimum Gasteiger partial charge on any atom is -0.394 e. The SMILES string of the molecule is O=C(NC1=CC=CC(OC(CO)CO)N1)C1=CNC2C=CC(c3ccccc3C(F)(F)F)NN12. The van der Waals surface area contributed by atoms with Crippen LogP contribution in [0.3, 0.4) is 0 Å². The van der Waals surface area contributed by atoms with Gasteiger partial charge in [-0.05, 0) is 29.9 Å². The number of rotatable bonds is 7. The number of ether oxygens (including phenoxy) is 1. The Morgan fingerprint density at radius 2 is 1.94 bits per heavy atom. The second-order valence-electron chi connectivity index (χ2n) is 7.70. The summed E-state index contributed by atoms with van der Waals surface area (Å²) in [5.74, 6) is -0.211. The number of alkyl halides is 3. The van der Waals surface area contributed by atoms with Crippen LogP contribution in [0.15, 0.2) is 72.4 Å². The molecule has 6 N–H and O–H groups in total. The van der Waals surface area contributed by atoms with Crippen molar-refractivity contribution < 1.29 is 32.9 Å². The van der Waals surface area contributed by atoms with Gasteiger partial charge in [0.15, 0.2) is 0 Å². The Hall–Kier alpha value is -3.32. The monoisotopic (exact) mass is 479 g/mol. The van der Waals surface area contributed by atoms with Gasteiger partial charge < -0.3 is 30.9 Å². The lowest BCUT2D eigenvalue weighted by molar-refractivity contribution is -0.138. The first-order chi connectivity index (χ1) is 16.3. The van der Waals surface area contributed by atoms with Crippen LogP contribution in [0.25, 0.3) is 0 Å². The summed E-state index contributed by atoms with van der Waals surface area (Å²) in [5, 5.41) is 28.4. The average Bonchev–Trinajstić information content (AvgIpc) is 3.25. The zero-order valence-corrected chi connectivity index (χ0v) is 17.8. The molecule has 182 valence electrons. The summed E-state index contributed by atoms with van der Waals surface area (Å²) in [6.45, 7) is -0.749. The minimum absolute atomic E-state index is 0.0421. The summed E-state index contributed by atoms with van der Waals surface area (Å²) in [5.41, 5.74) is 2.44. The maximum absolute atomic E-state index is 13.5. The van der Waals surface area contributed by atoms with Crippen LogP contribution in [0.5, 0.6) is 0 Å². The summed E-state index contributed by atoms with van der Waals surface area (Å²) < 4.78 is 45.9. The van der Waals surface area contributed by atoms with E-state index in [1.54, 1.807) is 30.4 Å². The fourth-order valence-electron chi connectivity index (χ4n) is 3.73. The standard InChI is InChI=1S/C22H24F3N5O4/c23-22(24,25)15-5-2-1-4-14(15)16-8-9-19-26-10-17(30(19)29-16)21(33)28-18-6-3-7-20(27-18)34-13(11-31)12-32/h1-10,13,16,19-20,26-27,29,31-32H,11-12H2,(H,28,33). The van der Waals surface area contributed by atoms with Gasteiger partial charge in [0, 0.05) is 6.20 Å². The molecule has 0 spiro atoms. The molecule has 9 nitrogen and oxygen atoms in total. The number of hydrogen-bond acceptors (Lipinski definition) is 8. The van der Waals surface area contributed by atoms with Crippen molar-refractivity contribution in [3.63, 3.8) is 0 Å². The fraction of sp³-hybridized carbons (Fsp3) is 0.318. The number of aliphatic hydroxyl groups is 2. The zero-order chi connectivity index (χ0) is 24.3. The lowest BCUT2D eigenvalue weighted by Crippen LogP contribution is -2.51. The molecule has 0 fully saturated rings. The van der Waals surface area contributed by atoms with Crippen LogP contribution in [0.2, 0.25) is 0 Å². The highest BCUT2D eigenvalue weighted by molar-refractivity contribution is 5.94. The molecule has 0 saturated carbocycles. The molecule has 3 aliphatic heterocycles. The number of amides is 1. The van der Waals surface area contributed by atoms with E-state index in [1.165, 1.54) is 29.4 Å². The highest BCUT2D eigenvalue weighted by Gasteiger charge is 2.38. The van der Waals surface area contributed by atoms with E-state index in [0.29, 0.717) is 5.82 Å². The molecular formula is C22H24F3N5O4. The van der Waals surface area contributed by atoms with E-state index < -0.39 is 42.2 Å². The highest BCUT2D eigenvalue weighted by Crippen LogP contribution is 2.36. The lowest BCUT2D eigenvalue weighted by Gasteiger charge is -2.35. The third-order valence-corrected chi connectivity index (χ3v) is 5.37. The Morgan fingerprint density at radius 1 is 1.18 bits per heavy atom. The highest BCUT2D eigenvalue weighted by atomic mass is 19.4. The number of fused-ring (bicyclic) bond motifs is 1. The van der Waals surface area contributed by atoms with Crippen LogP contribution >= 0.6 is 0 Å². The number of carbonyl (C=O) groups excluding carboxylic acids is 1. The molecule has 0 radical (unpaired) electrons. The molecule has 0 aromatic heterocycles. The van der Waals surface area contributed by atoms with E-state index in [0.717, 1.165) is 6.07 Å². The van der Waals surface area contributed by atoms with Gasteiger partial charge in [0.05, 0.1) is 24.8 Å². The predicted molar refractivity (Wildman–Crippen MR) is 115 cm³/mol. The van der Waals surface area contributed by atoms with Crippen LogP contribution in [-0.4, -0.2) is 52.8 Å². The van der Waals surface area contributed by atoms with Crippen LogP contribution in [0.1, 0.15) is 17.2 Å². The first-order valence-electron chi connectivity index (χ1n) is 10.5. The van der Waals surface area contributed by atoms with Gasteiger partial charge in [-0.2, -0.15) is 13.2 Å². The third-order valence-electron chi connectivity index (χ3n) is 5.37. The van der Waals surface area contributed by atoms with Crippen molar-refractivity contribution in [2.75, 3.05) is 13.2 Å². The predicted octanol–water partition coefficient (Wildman–Crippen LogP) is 0.707. The number of nitrogens with zero attached hydrogens (tertiary/aromatic N) is 1. The molecule has 34 heavy (non-hydrogen) atoms. The van der Waals surface area contributed by atoms with Gasteiger partial charge >= 0.3 is 6.18 Å². The maximum Gasteiger partial charge on any atom is 0.416 e. The van der Waals surface area contributed by atoms with Crippen molar-refractivity contribution in [3.8, 4) is 0 Å². The first-order valence-corrected chi connectivity index (χ1v) is 10.5. The van der Waals surface area contributed by atoms with Crippen molar-refractivity contribution in [3.05, 3.63) is 83.5 Å². The van der Waals surface area contributed by atoms with Gasteiger partial charge in [-0.1, -0.05) is 30.4 Å². The molecule has 1 aromatic carbocycles. The van der Waals surface area contributed by atoms with Crippen LogP contribution < -0.4 is 21.4 Å². The fourth-order valence-corrected chi connectivity index (χ4v) is 3.73. The van der Waals surface area contributed by atoms with E-state index in [4.69, 9.17) is 4.74 Å². The van der Waals surface area contributed by atoms with Crippen molar-refractivity contribution in [1.82, 2.24) is 26.4 Å². The van der Waals surface area contributed by atoms with Gasteiger partial charge in [-0.3, -0.25) is 9.80 Å². The number of allylic oxidation sites excluding steroid dienone is 2. The van der Waals surface area contributed by atoms with E-state index >= 15 is 0 Å². The minimum atomic E-state index is -4.52. The van der Waals surface area contributed by atoms with E-state index in [-0.39, 0.29) is 24.5 Å². The topological polar surface area (TPSA) is 118 Å². The van der Waals surface area contributed by atoms with Crippen LogP contribution in [0, 0.1) is 0 Å². The number of aliphatic hydroxyl groups excluding tert-OH is 2. The summed E-state index contributed by atoms with van der Waals surface area (Å²) in [7, 11) is 0. The molecule has 1 aromatic rings. The molecule has 3 heterocycles. The second kappa shape index (κ2) is 9.89. The zero-order valence-electron chi connectivity index (χ0n) is 17.8. The Kier molecular flexibility index (Phi) is 6.93. The Labute approximate surface area is 193 Å². The summed E-state index contributed by atoms with van der Waals surface area (Å²) >= 11 is 0. The molecule has 1 amide bonds. The normalized spacial score (nSPS) is 23.7. The molecule has 0 aliphatic carbocycles. The van der Waals surface area contributed by atoms with Crippen LogP contribution in [-0.2, 0) is 15.7 Å². The van der Waals surface area contributed by atoms with Crippen molar-refractivity contribution in [2.45, 2.75) is 30.7 Å². The molecule has 0 saturated heterocycles. The maximum atomic E-state index is 13.5. The Morgan fingerprint density at radius 3 is 2.68 bits per heavy atom. The molecule has 3 unspecified atom stereocenters. The molecule has 12 heteroatoms. The van der Waals surface area contributed by atoms with Crippen molar-refractivity contribution in [1.29, 1.82) is 0 Å². The molecule has 4 rings (SSSR count). The van der Waals surface area contributed by atoms with Gasteiger partial charge in [0.25, 0.3) is 5.91 Å². The lowest BCUT2D eigenvalue weighted by atomic mass is 9.99. The largest absolute Gasteiger partial charge is 0.416 e.